The quantitative estimate of drug-likeness (QED) is 0.139. The molecule has 2 aromatic rings. The van der Waals surface area contributed by atoms with Crippen LogP contribution in [0.4, 0.5) is 4.79 Å². The summed E-state index contributed by atoms with van der Waals surface area (Å²) in [7, 11) is 1.83. The van der Waals surface area contributed by atoms with E-state index in [2.05, 4.69) is 62.1 Å². The van der Waals surface area contributed by atoms with Gasteiger partial charge in [-0.3, -0.25) is 4.90 Å². The molecular formula is C42H57NO6. The number of methoxy groups -OCH3 is 1. The van der Waals surface area contributed by atoms with E-state index in [1.165, 1.54) is 36.1 Å². The van der Waals surface area contributed by atoms with Gasteiger partial charge in [0, 0.05) is 42.0 Å². The fourth-order valence-corrected chi connectivity index (χ4v) is 11.4. The molecule has 49 heavy (non-hydrogen) atoms. The minimum Gasteiger partial charge on any atom is -0.482 e. The first kappa shape index (κ1) is 33.5. The van der Waals surface area contributed by atoms with Crippen molar-refractivity contribution in [1.29, 1.82) is 0 Å². The lowest BCUT2D eigenvalue weighted by Gasteiger charge is -2.75. The second-order valence-electron chi connectivity index (χ2n) is 17.6. The van der Waals surface area contributed by atoms with Crippen molar-refractivity contribution >= 4 is 6.16 Å². The molecule has 5 fully saturated rings. The van der Waals surface area contributed by atoms with Gasteiger partial charge in [0.1, 0.15) is 11.7 Å². The van der Waals surface area contributed by atoms with Gasteiger partial charge >= 0.3 is 6.16 Å². The monoisotopic (exact) mass is 671 g/mol. The van der Waals surface area contributed by atoms with E-state index < -0.39 is 17.4 Å². The largest absolute Gasteiger partial charge is 0.513 e. The van der Waals surface area contributed by atoms with Crippen LogP contribution in [0.25, 0.3) is 0 Å². The number of fused-ring (bicyclic) bond motifs is 2. The van der Waals surface area contributed by atoms with E-state index in [1.807, 2.05) is 20.1 Å². The molecule has 5 aliphatic carbocycles. The maximum atomic E-state index is 13.1. The Morgan fingerprint density at radius 1 is 1.00 bits per heavy atom. The molecular weight excluding hydrogens is 614 g/mol. The smallest absolute Gasteiger partial charge is 0.482 e. The number of nitrogens with zero attached hydrogens (tertiary/aromatic N) is 1. The Hall–Kier alpha value is -2.61. The zero-order valence-corrected chi connectivity index (χ0v) is 30.4. The highest BCUT2D eigenvalue weighted by Crippen LogP contribution is 2.78. The molecule has 7 atom stereocenters. The van der Waals surface area contributed by atoms with Crippen LogP contribution in [-0.4, -0.2) is 66.3 Å². The predicted molar refractivity (Wildman–Crippen MR) is 189 cm³/mol. The van der Waals surface area contributed by atoms with Crippen LogP contribution in [0.15, 0.2) is 42.5 Å². The van der Waals surface area contributed by atoms with Crippen LogP contribution in [-0.2, 0) is 27.7 Å². The standard InChI is InChI=1S/C42H57NO6/c1-38(2,3)39(4,45)32-26-40-20-21-42(32,46-5)36-41(40)22-23-43(27-29-16-17-29)33(40)25-30-18-19-31(35(49-36)34(30)41)48-37(44)47-24-12-7-6-9-13-28-14-10-8-11-15-28/h8,10-11,14-15,18-19,29,32-33,36,45H,6-7,9,12-13,16-17,20-27H2,1-5H3. The Kier molecular flexibility index (Phi) is 8.20. The fraction of sp³-hybridized carbons (Fsp3) is 0.690. The van der Waals surface area contributed by atoms with Gasteiger partial charge in [-0.05, 0) is 106 Å². The molecule has 266 valence electrons. The normalized spacial score (nSPS) is 33.8. The van der Waals surface area contributed by atoms with E-state index in [9.17, 15) is 9.90 Å². The summed E-state index contributed by atoms with van der Waals surface area (Å²) in [6.07, 6.45) is 11.7. The molecule has 1 saturated heterocycles. The molecule has 4 saturated carbocycles. The maximum Gasteiger partial charge on any atom is 0.513 e. The van der Waals surface area contributed by atoms with Crippen LogP contribution in [0.1, 0.15) is 109 Å². The number of unbranched alkanes of at least 4 members (excludes halogenated alkanes) is 3. The van der Waals surface area contributed by atoms with E-state index in [4.69, 9.17) is 18.9 Å². The van der Waals surface area contributed by atoms with Crippen molar-refractivity contribution in [3.05, 3.63) is 59.2 Å². The molecule has 2 aliphatic heterocycles. The van der Waals surface area contributed by atoms with Crippen LogP contribution in [0.3, 0.4) is 0 Å². The second-order valence-corrected chi connectivity index (χ2v) is 17.6. The number of rotatable bonds is 12. The third kappa shape index (κ3) is 5.03. The highest BCUT2D eigenvalue weighted by Gasteiger charge is 2.82. The highest BCUT2D eigenvalue weighted by atomic mass is 16.7. The minimum atomic E-state index is -0.975. The molecule has 7 aliphatic rings. The Balaban J connectivity index is 1.05. The topological polar surface area (TPSA) is 77.5 Å². The summed E-state index contributed by atoms with van der Waals surface area (Å²) in [5, 5.41) is 12.5. The van der Waals surface area contributed by atoms with Gasteiger partial charge in [-0.1, -0.05) is 70.0 Å². The van der Waals surface area contributed by atoms with Crippen LogP contribution in [0.5, 0.6) is 11.5 Å². The number of carbonyl (C=O) groups is 1. The van der Waals surface area contributed by atoms with Gasteiger partial charge in [-0.2, -0.15) is 0 Å². The molecule has 9 rings (SSSR count). The molecule has 4 bridgehead atoms. The van der Waals surface area contributed by atoms with Gasteiger partial charge in [0.15, 0.2) is 11.5 Å². The van der Waals surface area contributed by atoms with Crippen molar-refractivity contribution < 1.29 is 28.8 Å². The van der Waals surface area contributed by atoms with Crippen LogP contribution in [0.2, 0.25) is 0 Å². The summed E-state index contributed by atoms with van der Waals surface area (Å²) < 4.78 is 25.5. The van der Waals surface area contributed by atoms with Crippen LogP contribution >= 0.6 is 0 Å². The van der Waals surface area contributed by atoms with E-state index >= 15 is 0 Å². The SMILES string of the molecule is COC12CCC3(CC1C(C)(O)C(C)(C)C)C1Cc4ccc(OC(=O)OCCCCCCc5ccccc5)c5c4C3(CCN1CC1CC1)C2O5. The van der Waals surface area contributed by atoms with Crippen LogP contribution in [0, 0.1) is 22.7 Å². The number of likely N-dealkylation sites (tertiary alicyclic amines) is 1. The summed E-state index contributed by atoms with van der Waals surface area (Å²) in [4.78, 5) is 15.9. The molecule has 7 unspecified atom stereocenters. The Bertz CT molecular complexity index is 1560. The Labute approximate surface area is 293 Å². The molecule has 0 amide bonds. The molecule has 0 aromatic heterocycles. The number of aryl methyl sites for hydroxylation is 1. The van der Waals surface area contributed by atoms with Crippen molar-refractivity contribution in [2.75, 3.05) is 26.8 Å². The summed E-state index contributed by atoms with van der Waals surface area (Å²) in [5.74, 6) is 1.87. The first-order valence-corrected chi connectivity index (χ1v) is 19.2. The minimum absolute atomic E-state index is 0.0527. The van der Waals surface area contributed by atoms with Gasteiger partial charge in [-0.25, -0.2) is 4.79 Å². The number of ether oxygens (including phenoxy) is 4. The van der Waals surface area contributed by atoms with E-state index in [0.717, 1.165) is 76.7 Å². The zero-order chi connectivity index (χ0) is 34.2. The lowest BCUT2D eigenvalue weighted by Crippen LogP contribution is -2.83. The van der Waals surface area contributed by atoms with Gasteiger partial charge in [0.2, 0.25) is 0 Å². The van der Waals surface area contributed by atoms with Crippen LogP contribution < -0.4 is 9.47 Å². The van der Waals surface area contributed by atoms with Gasteiger partial charge < -0.3 is 24.1 Å². The van der Waals surface area contributed by atoms with Crippen molar-refractivity contribution in [3.8, 4) is 11.5 Å². The fourth-order valence-electron chi connectivity index (χ4n) is 11.4. The predicted octanol–water partition coefficient (Wildman–Crippen LogP) is 8.03. The third-order valence-corrected chi connectivity index (χ3v) is 14.5. The molecule has 2 spiro atoms. The zero-order valence-electron chi connectivity index (χ0n) is 30.4. The van der Waals surface area contributed by atoms with Crippen molar-refractivity contribution in [2.24, 2.45) is 22.7 Å². The summed E-state index contributed by atoms with van der Waals surface area (Å²) in [6, 6.07) is 15.1. The molecule has 0 radical (unpaired) electrons. The number of aliphatic hydroxyl groups is 1. The van der Waals surface area contributed by atoms with E-state index in [-0.39, 0.29) is 28.3 Å². The Morgan fingerprint density at radius 3 is 2.51 bits per heavy atom. The van der Waals surface area contributed by atoms with Gasteiger partial charge in [-0.15, -0.1) is 0 Å². The first-order chi connectivity index (χ1) is 23.5. The molecule has 2 aromatic carbocycles. The highest BCUT2D eigenvalue weighted by molar-refractivity contribution is 5.70. The number of benzene rings is 2. The summed E-state index contributed by atoms with van der Waals surface area (Å²) in [5.41, 5.74) is 1.65. The van der Waals surface area contributed by atoms with E-state index in [1.54, 1.807) is 0 Å². The van der Waals surface area contributed by atoms with Crippen molar-refractivity contribution in [2.45, 2.75) is 134 Å². The van der Waals surface area contributed by atoms with Crippen molar-refractivity contribution in [1.82, 2.24) is 4.90 Å². The third-order valence-electron chi connectivity index (χ3n) is 14.5. The van der Waals surface area contributed by atoms with Gasteiger partial charge in [0.05, 0.1) is 12.2 Å². The molecule has 2 heterocycles. The average molecular weight is 672 g/mol. The summed E-state index contributed by atoms with van der Waals surface area (Å²) in [6.45, 7) is 11.0. The van der Waals surface area contributed by atoms with Crippen molar-refractivity contribution in [3.63, 3.8) is 0 Å². The lowest BCUT2D eigenvalue weighted by atomic mass is 9.33. The average Bonchev–Trinajstić information content (AvgIpc) is 3.82. The van der Waals surface area contributed by atoms with E-state index in [0.29, 0.717) is 24.1 Å². The second kappa shape index (κ2) is 12.0. The molecule has 7 heteroatoms. The number of piperidine rings is 1. The number of carbonyl (C=O) groups excluding carboxylic acids is 1. The first-order valence-electron chi connectivity index (χ1n) is 19.2. The number of hydrogen-bond donors (Lipinski definition) is 1. The maximum absolute atomic E-state index is 13.1. The summed E-state index contributed by atoms with van der Waals surface area (Å²) >= 11 is 0. The molecule has 7 nitrogen and oxygen atoms in total. The molecule has 1 N–H and O–H groups in total. The Morgan fingerprint density at radius 2 is 1.78 bits per heavy atom. The number of hydrogen-bond acceptors (Lipinski definition) is 7. The lowest BCUT2D eigenvalue weighted by molar-refractivity contribution is -0.312. The van der Waals surface area contributed by atoms with Gasteiger partial charge in [0.25, 0.3) is 0 Å².